The van der Waals surface area contributed by atoms with Crippen molar-refractivity contribution in [3.8, 4) is 0 Å². The summed E-state index contributed by atoms with van der Waals surface area (Å²) in [5.41, 5.74) is 0. The molecule has 12 heteroatoms. The Kier molecular flexibility index (Phi) is 50.0. The van der Waals surface area contributed by atoms with Crippen molar-refractivity contribution >= 4 is 25.7 Å². The minimum Gasteiger partial charge on any atom is -0.462 e. The SMILES string of the molecule is CC/C=C\C/C=C\C/C=C\CCCCCC(=O)OC(CO)COP(=O)(O)OCC(COC(=O)CCCCCCCCCCCCC)OC(=O)CCCCCCCC/C=C\C/C=C\C/C=C\CCCCC. The highest BCUT2D eigenvalue weighted by Crippen LogP contribution is 2.43. The average molecular weight is 1010 g/mol. The summed E-state index contributed by atoms with van der Waals surface area (Å²) in [6.45, 7) is 4.44. The van der Waals surface area contributed by atoms with Crippen LogP contribution in [0.4, 0.5) is 0 Å². The molecule has 0 radical (unpaired) electrons. The minimum absolute atomic E-state index is 0.140. The Labute approximate surface area is 427 Å². The molecule has 0 aliphatic rings. The van der Waals surface area contributed by atoms with Crippen LogP contribution >= 0.6 is 7.82 Å². The van der Waals surface area contributed by atoms with Gasteiger partial charge in [-0.1, -0.05) is 203 Å². The molecule has 0 aliphatic carbocycles. The van der Waals surface area contributed by atoms with Gasteiger partial charge in [0.15, 0.2) is 6.10 Å². The largest absolute Gasteiger partial charge is 0.472 e. The first-order valence-electron chi connectivity index (χ1n) is 27.8. The summed E-state index contributed by atoms with van der Waals surface area (Å²) in [7, 11) is -4.75. The van der Waals surface area contributed by atoms with Crippen LogP contribution in [0.25, 0.3) is 0 Å². The van der Waals surface area contributed by atoms with Crippen LogP contribution in [-0.4, -0.2) is 66.5 Å². The van der Waals surface area contributed by atoms with Crippen LogP contribution in [0.5, 0.6) is 0 Å². The van der Waals surface area contributed by atoms with Crippen LogP contribution in [0.2, 0.25) is 0 Å². The quantitative estimate of drug-likeness (QED) is 0.0197. The molecule has 3 atom stereocenters. The molecule has 0 aliphatic heterocycles. The van der Waals surface area contributed by atoms with Gasteiger partial charge in [-0.25, -0.2) is 4.57 Å². The molecule has 0 rings (SSSR count). The molecular formula is C58H101O11P. The first-order chi connectivity index (χ1) is 34.2. The molecule has 3 unspecified atom stereocenters. The van der Waals surface area contributed by atoms with E-state index in [0.29, 0.717) is 19.3 Å². The van der Waals surface area contributed by atoms with Gasteiger partial charge in [0.25, 0.3) is 0 Å². The Morgan fingerprint density at radius 3 is 1.19 bits per heavy atom. The van der Waals surface area contributed by atoms with Crippen molar-refractivity contribution in [2.24, 2.45) is 0 Å². The molecule has 0 saturated carbocycles. The molecule has 2 N–H and O–H groups in total. The first-order valence-corrected chi connectivity index (χ1v) is 29.3. The highest BCUT2D eigenvalue weighted by molar-refractivity contribution is 7.47. The van der Waals surface area contributed by atoms with E-state index in [0.717, 1.165) is 109 Å². The molecule has 0 spiro atoms. The van der Waals surface area contributed by atoms with Gasteiger partial charge in [-0.15, -0.1) is 0 Å². The van der Waals surface area contributed by atoms with Crippen molar-refractivity contribution in [3.05, 3.63) is 72.9 Å². The van der Waals surface area contributed by atoms with Gasteiger partial charge < -0.3 is 24.2 Å². The third kappa shape index (κ3) is 49.9. The van der Waals surface area contributed by atoms with Crippen molar-refractivity contribution in [2.45, 2.75) is 251 Å². The van der Waals surface area contributed by atoms with E-state index in [1.54, 1.807) is 0 Å². The number of aliphatic hydroxyl groups excluding tert-OH is 1. The fourth-order valence-electron chi connectivity index (χ4n) is 7.38. The summed E-state index contributed by atoms with van der Waals surface area (Å²) < 4.78 is 39.4. The van der Waals surface area contributed by atoms with Gasteiger partial charge >= 0.3 is 25.7 Å². The van der Waals surface area contributed by atoms with Gasteiger partial charge in [-0.3, -0.25) is 23.4 Å². The van der Waals surface area contributed by atoms with Gasteiger partial charge in [0.2, 0.25) is 0 Å². The summed E-state index contributed by atoms with van der Waals surface area (Å²) in [6, 6.07) is 0. The molecule has 0 aromatic rings. The van der Waals surface area contributed by atoms with E-state index in [1.165, 1.54) is 70.6 Å². The minimum atomic E-state index is -4.75. The Hall–Kier alpha value is -3.08. The Morgan fingerprint density at radius 2 is 0.743 bits per heavy atom. The zero-order valence-electron chi connectivity index (χ0n) is 44.5. The molecule has 0 heterocycles. The molecule has 70 heavy (non-hydrogen) atoms. The van der Waals surface area contributed by atoms with Crippen LogP contribution in [0.1, 0.15) is 239 Å². The van der Waals surface area contributed by atoms with Crippen LogP contribution in [0, 0.1) is 0 Å². The standard InChI is InChI=1S/C58H101O11P/c1-4-7-10-13-16-19-22-24-25-26-27-28-29-31-34-37-40-43-46-49-58(62)69-55(51-65-56(60)47-44-41-38-35-32-21-18-15-12-9-6-3)53-67-70(63,64)66-52-54(50-59)68-57(61)48-45-42-39-36-33-30-23-20-17-14-11-8-5-2/h8,11,16-17,19-20,24-25,27-28,30,33,54-55,59H,4-7,9-10,12-15,18,21-23,26,29,31-32,34-53H2,1-3H3,(H,63,64)/b11-8-,19-16-,20-17-,25-24-,28-27-,33-30-. The van der Waals surface area contributed by atoms with Gasteiger partial charge in [0.1, 0.15) is 12.7 Å². The normalized spacial score (nSPS) is 14.0. The number of allylic oxidation sites excluding steroid dienone is 12. The molecule has 0 bridgehead atoms. The topological polar surface area (TPSA) is 155 Å². The smallest absolute Gasteiger partial charge is 0.462 e. The summed E-state index contributed by atoms with van der Waals surface area (Å²) >= 11 is 0. The number of esters is 3. The summed E-state index contributed by atoms with van der Waals surface area (Å²) in [5, 5.41) is 9.78. The van der Waals surface area contributed by atoms with Gasteiger partial charge in [0.05, 0.1) is 19.8 Å². The third-order valence-electron chi connectivity index (χ3n) is 11.6. The summed E-state index contributed by atoms with van der Waals surface area (Å²) in [5.74, 6) is -1.51. The average Bonchev–Trinajstić information content (AvgIpc) is 3.35. The predicted molar refractivity (Wildman–Crippen MR) is 288 cm³/mol. The van der Waals surface area contributed by atoms with Crippen LogP contribution in [0.3, 0.4) is 0 Å². The number of unbranched alkanes of at least 4 members (excludes halogenated alkanes) is 22. The van der Waals surface area contributed by atoms with E-state index in [-0.39, 0.29) is 25.9 Å². The van der Waals surface area contributed by atoms with E-state index in [4.69, 9.17) is 23.3 Å². The number of phosphoric ester groups is 1. The van der Waals surface area contributed by atoms with Crippen molar-refractivity contribution in [1.82, 2.24) is 0 Å². The predicted octanol–water partition coefficient (Wildman–Crippen LogP) is 16.1. The molecule has 11 nitrogen and oxygen atoms in total. The molecule has 0 aromatic carbocycles. The molecule has 0 amide bonds. The van der Waals surface area contributed by atoms with Crippen LogP contribution in [-0.2, 0) is 42.2 Å². The van der Waals surface area contributed by atoms with Crippen molar-refractivity contribution in [2.75, 3.05) is 26.4 Å². The maximum absolute atomic E-state index is 12.9. The lowest BCUT2D eigenvalue weighted by atomic mass is 10.1. The Balaban J connectivity index is 4.75. The maximum atomic E-state index is 12.9. The lowest BCUT2D eigenvalue weighted by Crippen LogP contribution is -2.30. The number of hydrogen-bond donors (Lipinski definition) is 2. The number of aliphatic hydroxyl groups is 1. The zero-order chi connectivity index (χ0) is 51.3. The van der Waals surface area contributed by atoms with Gasteiger partial charge in [-0.05, 0) is 89.9 Å². The number of ether oxygens (including phenoxy) is 3. The van der Waals surface area contributed by atoms with Crippen molar-refractivity contribution in [1.29, 1.82) is 0 Å². The van der Waals surface area contributed by atoms with Crippen molar-refractivity contribution < 1.29 is 52.2 Å². The summed E-state index contributed by atoms with van der Waals surface area (Å²) in [6.07, 6.45) is 57.2. The second-order valence-electron chi connectivity index (χ2n) is 18.4. The monoisotopic (exact) mass is 1000 g/mol. The second-order valence-corrected chi connectivity index (χ2v) is 19.8. The number of hydrogen-bond acceptors (Lipinski definition) is 10. The van der Waals surface area contributed by atoms with Crippen LogP contribution < -0.4 is 0 Å². The Morgan fingerprint density at radius 1 is 0.414 bits per heavy atom. The molecule has 404 valence electrons. The van der Waals surface area contributed by atoms with E-state index < -0.39 is 57.8 Å². The Bertz CT molecular complexity index is 1450. The zero-order valence-corrected chi connectivity index (χ0v) is 45.4. The fourth-order valence-corrected chi connectivity index (χ4v) is 8.16. The maximum Gasteiger partial charge on any atom is 0.472 e. The summed E-state index contributed by atoms with van der Waals surface area (Å²) in [4.78, 5) is 48.4. The van der Waals surface area contributed by atoms with E-state index in [2.05, 4.69) is 93.7 Å². The molecule has 0 fully saturated rings. The fraction of sp³-hybridized carbons (Fsp3) is 0.741. The number of carbonyl (C=O) groups excluding carboxylic acids is 3. The van der Waals surface area contributed by atoms with E-state index in [1.807, 2.05) is 0 Å². The molecule has 0 saturated heterocycles. The lowest BCUT2D eigenvalue weighted by molar-refractivity contribution is -0.161. The second kappa shape index (κ2) is 52.2. The van der Waals surface area contributed by atoms with Gasteiger partial charge in [-0.2, -0.15) is 0 Å². The van der Waals surface area contributed by atoms with Crippen LogP contribution in [0.15, 0.2) is 72.9 Å². The highest BCUT2D eigenvalue weighted by atomic mass is 31.2. The third-order valence-corrected chi connectivity index (χ3v) is 12.6. The van der Waals surface area contributed by atoms with E-state index in [9.17, 15) is 28.9 Å². The number of carbonyl (C=O) groups is 3. The van der Waals surface area contributed by atoms with E-state index >= 15 is 0 Å². The van der Waals surface area contributed by atoms with Crippen molar-refractivity contribution in [3.63, 3.8) is 0 Å². The molecule has 0 aromatic heterocycles. The van der Waals surface area contributed by atoms with Gasteiger partial charge in [0, 0.05) is 19.3 Å². The molecular weight excluding hydrogens is 904 g/mol. The highest BCUT2D eigenvalue weighted by Gasteiger charge is 2.28. The lowest BCUT2D eigenvalue weighted by Gasteiger charge is -2.21. The number of rotatable bonds is 51. The first kappa shape index (κ1) is 66.9. The number of phosphoric acid groups is 1.